The van der Waals surface area contributed by atoms with Gasteiger partial charge in [-0.25, -0.2) is 0 Å². The number of nitro groups is 3. The predicted molar refractivity (Wildman–Crippen MR) is 99.9 cm³/mol. The molecule has 0 saturated heterocycles. The number of nitro benzene ring substituents is 3. The van der Waals surface area contributed by atoms with Crippen molar-refractivity contribution in [3.8, 4) is 5.75 Å². The number of aromatic amines is 1. The summed E-state index contributed by atoms with van der Waals surface area (Å²) in [6, 6.07) is 9.98. The second kappa shape index (κ2) is 9.67. The summed E-state index contributed by atoms with van der Waals surface area (Å²) in [4.78, 5) is 31.1. The number of hydrogen-bond donors (Lipinski definition) is 1. The molecule has 16 heteroatoms. The van der Waals surface area contributed by atoms with Crippen LogP contribution in [-0.2, 0) is 19.6 Å². The highest BCUT2D eigenvalue weighted by Crippen LogP contribution is 2.36. The summed E-state index contributed by atoms with van der Waals surface area (Å²) in [7, 11) is 1.30. The van der Waals surface area contributed by atoms with E-state index < -0.39 is 49.6 Å². The normalized spacial score (nSPS) is 10.8. The number of rotatable bonds is 5. The van der Waals surface area contributed by atoms with Crippen LogP contribution >= 0.6 is 0 Å². The number of nitrogens with one attached hydrogen (secondary N) is 1. The van der Waals surface area contributed by atoms with E-state index in [4.69, 9.17) is 0 Å². The van der Waals surface area contributed by atoms with Crippen molar-refractivity contribution in [1.29, 1.82) is 0 Å². The molecule has 1 aromatic heterocycles. The number of aryl methyl sites for hydroxylation is 1. The van der Waals surface area contributed by atoms with Crippen LogP contribution in [0.4, 0.5) is 30.2 Å². The molecule has 13 nitrogen and oxygen atoms in total. The summed E-state index contributed by atoms with van der Waals surface area (Å²) in [5.41, 5.74) is -2.35. The van der Waals surface area contributed by atoms with E-state index >= 15 is 0 Å². The Labute approximate surface area is 181 Å². The number of alkyl halides is 3. The van der Waals surface area contributed by atoms with Crippen LogP contribution in [0.5, 0.6) is 5.75 Å². The molecule has 3 aromatic rings. The molecule has 0 aliphatic heterocycles. The molecule has 0 fully saturated rings. The highest BCUT2D eigenvalue weighted by molar-refractivity contribution is 5.64. The number of benzene rings is 2. The van der Waals surface area contributed by atoms with E-state index in [2.05, 4.69) is 10.1 Å². The number of halogens is 3. The molecule has 0 amide bonds. The molecule has 3 rings (SSSR count). The summed E-state index contributed by atoms with van der Waals surface area (Å²) >= 11 is 0. The fourth-order valence-corrected chi connectivity index (χ4v) is 2.56. The van der Waals surface area contributed by atoms with Crippen LogP contribution in [0.15, 0.2) is 42.5 Å². The molecule has 0 saturated carbocycles. The Balaban J connectivity index is 0.000000234. The van der Waals surface area contributed by atoms with E-state index in [1.165, 1.54) is 7.05 Å². The van der Waals surface area contributed by atoms with Gasteiger partial charge in [0.1, 0.15) is 7.05 Å². The molecule has 0 atom stereocenters. The summed E-state index contributed by atoms with van der Waals surface area (Å²) in [5.74, 6) is -2.07. The van der Waals surface area contributed by atoms with Gasteiger partial charge in [-0.1, -0.05) is 30.3 Å². The maximum atomic E-state index is 12.5. The van der Waals surface area contributed by atoms with Crippen molar-refractivity contribution in [2.75, 3.05) is 0 Å². The Morgan fingerprint density at radius 2 is 1.48 bits per heavy atom. The molecule has 0 bridgehead atoms. The Morgan fingerprint density at radius 3 is 1.88 bits per heavy atom. The maximum Gasteiger partial charge on any atom is 0.501 e. The fraction of sp³-hybridized carbons (Fsp3) is 0.176. The van der Waals surface area contributed by atoms with Gasteiger partial charge in [-0.2, -0.15) is 23.0 Å². The first-order valence-electron chi connectivity index (χ1n) is 8.65. The zero-order chi connectivity index (χ0) is 24.9. The quantitative estimate of drug-likeness (QED) is 0.334. The SMILES string of the molecule is C[n+]1[nH]c(Cc2ccccc2)nc1C(F)(F)F.O=[N+]([O-])c1cc([N+](=O)[O-])c([O-])c([N+](=O)[O-])c1. The standard InChI is InChI=1S/C11H10F3N3.C6H3N3O7/c1-17-10(11(12,13)14)15-9(16-17)7-8-5-3-2-4-6-8;10-6-4(8(13)14)1-3(7(11)12)2-5(6)9(15)16/h2-6H,7H2,1H3;1-2,10H. The summed E-state index contributed by atoms with van der Waals surface area (Å²) in [6.07, 6.45) is -4.08. The first-order chi connectivity index (χ1) is 15.3. The first kappa shape index (κ1) is 24.6. The fourth-order valence-electron chi connectivity index (χ4n) is 2.56. The molecule has 1 N–H and O–H groups in total. The molecule has 0 radical (unpaired) electrons. The van der Waals surface area contributed by atoms with Crippen molar-refractivity contribution < 1.29 is 37.7 Å². The van der Waals surface area contributed by atoms with E-state index in [0.29, 0.717) is 24.4 Å². The summed E-state index contributed by atoms with van der Waals surface area (Å²) in [6.45, 7) is 0. The number of hydrogen-bond acceptors (Lipinski definition) is 8. The lowest BCUT2D eigenvalue weighted by Gasteiger charge is -2.06. The Kier molecular flexibility index (Phi) is 7.22. The average molecular weight is 470 g/mol. The second-order valence-corrected chi connectivity index (χ2v) is 6.30. The minimum atomic E-state index is -4.43. The van der Waals surface area contributed by atoms with Gasteiger partial charge >= 0.3 is 12.0 Å². The number of H-pyrrole nitrogens is 1. The van der Waals surface area contributed by atoms with Crippen LogP contribution < -0.4 is 9.79 Å². The Hall–Kier alpha value is -4.63. The number of non-ortho nitro benzene ring substituents is 1. The first-order valence-corrected chi connectivity index (χ1v) is 8.65. The predicted octanol–water partition coefficient (Wildman–Crippen LogP) is 2.33. The molecule has 0 spiro atoms. The van der Waals surface area contributed by atoms with Gasteiger partial charge in [0, 0.05) is 0 Å². The van der Waals surface area contributed by atoms with Gasteiger partial charge in [0.2, 0.25) is 0 Å². The van der Waals surface area contributed by atoms with Crippen molar-refractivity contribution in [3.05, 3.63) is 90.0 Å². The minimum absolute atomic E-state index is 0.297. The third-order valence-corrected chi connectivity index (χ3v) is 3.96. The van der Waals surface area contributed by atoms with Gasteiger partial charge in [-0.3, -0.25) is 30.3 Å². The van der Waals surface area contributed by atoms with E-state index in [9.17, 15) is 48.6 Å². The summed E-state index contributed by atoms with van der Waals surface area (Å²) in [5, 5.41) is 44.7. The van der Waals surface area contributed by atoms with Crippen molar-refractivity contribution >= 4 is 17.1 Å². The van der Waals surface area contributed by atoms with Crippen LogP contribution in [0, 0.1) is 30.3 Å². The van der Waals surface area contributed by atoms with E-state index in [0.717, 1.165) is 10.2 Å². The van der Waals surface area contributed by atoms with Crippen molar-refractivity contribution in [1.82, 2.24) is 10.1 Å². The largest absolute Gasteiger partial charge is 0.863 e. The lowest BCUT2D eigenvalue weighted by molar-refractivity contribution is -0.745. The lowest BCUT2D eigenvalue weighted by atomic mass is 10.1. The van der Waals surface area contributed by atoms with Crippen molar-refractivity contribution in [2.45, 2.75) is 12.6 Å². The van der Waals surface area contributed by atoms with Gasteiger partial charge in [-0.15, -0.1) is 0 Å². The topological polar surface area (TPSA) is 185 Å². The molecule has 1 heterocycles. The zero-order valence-corrected chi connectivity index (χ0v) is 16.5. The molecular formula is C17H13F3N6O7. The smallest absolute Gasteiger partial charge is 0.501 e. The van der Waals surface area contributed by atoms with E-state index in [1.807, 2.05) is 30.3 Å². The monoisotopic (exact) mass is 470 g/mol. The Bertz CT molecular complexity index is 1160. The van der Waals surface area contributed by atoms with Gasteiger partial charge in [0.05, 0.1) is 39.1 Å². The zero-order valence-electron chi connectivity index (χ0n) is 16.5. The summed E-state index contributed by atoms with van der Waals surface area (Å²) < 4.78 is 38.4. The van der Waals surface area contributed by atoms with Crippen LogP contribution in [0.1, 0.15) is 17.2 Å². The third-order valence-electron chi connectivity index (χ3n) is 3.96. The van der Waals surface area contributed by atoms with E-state index in [1.54, 1.807) is 0 Å². The highest BCUT2D eigenvalue weighted by atomic mass is 19.4. The number of aromatic nitrogens is 3. The average Bonchev–Trinajstić information content (AvgIpc) is 3.09. The molecule has 2 aromatic carbocycles. The highest BCUT2D eigenvalue weighted by Gasteiger charge is 2.45. The van der Waals surface area contributed by atoms with E-state index in [-0.39, 0.29) is 0 Å². The second-order valence-electron chi connectivity index (χ2n) is 6.30. The molecule has 0 unspecified atom stereocenters. The number of nitrogens with zero attached hydrogens (tertiary/aromatic N) is 5. The van der Waals surface area contributed by atoms with Gasteiger partial charge < -0.3 is 5.11 Å². The maximum absolute atomic E-state index is 12.5. The van der Waals surface area contributed by atoms with Crippen LogP contribution in [0.2, 0.25) is 0 Å². The molecule has 174 valence electrons. The third kappa shape index (κ3) is 6.18. The van der Waals surface area contributed by atoms with Gasteiger partial charge in [0.15, 0.2) is 0 Å². The molecule has 33 heavy (non-hydrogen) atoms. The lowest BCUT2D eigenvalue weighted by Crippen LogP contribution is -2.38. The van der Waals surface area contributed by atoms with Crippen LogP contribution in [0.3, 0.4) is 0 Å². The molecular weight excluding hydrogens is 457 g/mol. The van der Waals surface area contributed by atoms with Crippen LogP contribution in [-0.4, -0.2) is 24.9 Å². The van der Waals surface area contributed by atoms with Crippen molar-refractivity contribution in [3.63, 3.8) is 0 Å². The molecule has 0 aliphatic rings. The van der Waals surface area contributed by atoms with Crippen LogP contribution in [0.25, 0.3) is 0 Å². The Morgan fingerprint density at radius 1 is 0.970 bits per heavy atom. The minimum Gasteiger partial charge on any atom is -0.863 e. The van der Waals surface area contributed by atoms with Crippen molar-refractivity contribution in [2.24, 2.45) is 7.05 Å². The van der Waals surface area contributed by atoms with Gasteiger partial charge in [-0.05, 0) is 10.5 Å². The van der Waals surface area contributed by atoms with Gasteiger partial charge in [0.25, 0.3) is 22.9 Å². The molecule has 0 aliphatic carbocycles.